The van der Waals surface area contributed by atoms with Gasteiger partial charge in [0.2, 0.25) is 0 Å². The van der Waals surface area contributed by atoms with E-state index >= 15 is 0 Å². The lowest BCUT2D eigenvalue weighted by Gasteiger charge is -2.49. The number of nitrogens with one attached hydrogen (secondary N) is 1. The Balaban J connectivity index is 1.51. The first-order valence-corrected chi connectivity index (χ1v) is 15.2. The lowest BCUT2D eigenvalue weighted by atomic mass is 10.0. The van der Waals surface area contributed by atoms with Gasteiger partial charge in [0.15, 0.2) is 10.8 Å². The molecule has 1 fully saturated rings. The maximum Gasteiger partial charge on any atom is 0.353 e. The van der Waals surface area contributed by atoms with Crippen LogP contribution in [0, 0.1) is 0 Å². The third kappa shape index (κ3) is 6.68. The van der Waals surface area contributed by atoms with E-state index in [-0.39, 0.29) is 28.8 Å². The molecule has 13 nitrogen and oxygen atoms in total. The fourth-order valence-corrected chi connectivity index (χ4v) is 7.68. The molecule has 6 N–H and O–H groups in total. The van der Waals surface area contributed by atoms with Gasteiger partial charge in [-0.05, 0) is 6.07 Å². The highest BCUT2D eigenvalue weighted by molar-refractivity contribution is 8.07. The van der Waals surface area contributed by atoms with Gasteiger partial charge >= 0.3 is 5.97 Å². The van der Waals surface area contributed by atoms with Gasteiger partial charge in [-0.1, -0.05) is 16.9 Å². The average molecular weight is 627 g/mol. The number of carboxylic acids is 1. The molecule has 4 rings (SSSR count). The van der Waals surface area contributed by atoms with Crippen LogP contribution < -0.4 is 16.8 Å². The summed E-state index contributed by atoms with van der Waals surface area (Å²) in [4.78, 5) is 58.7. The molecule has 1 saturated heterocycles. The number of halogens is 1. The maximum absolute atomic E-state index is 13.1. The van der Waals surface area contributed by atoms with Crippen LogP contribution in [0.25, 0.3) is 0 Å². The molecule has 0 aromatic carbocycles. The van der Waals surface area contributed by atoms with Crippen LogP contribution in [0.15, 0.2) is 54.4 Å². The fourth-order valence-electron chi connectivity index (χ4n) is 3.60. The zero-order valence-electron chi connectivity index (χ0n) is 20.6. The van der Waals surface area contributed by atoms with E-state index in [1.54, 1.807) is 18.5 Å². The summed E-state index contributed by atoms with van der Waals surface area (Å²) in [6.45, 7) is -0.683. The molecule has 0 saturated carbocycles. The Hall–Kier alpha value is -3.35. The Kier molecular flexibility index (Phi) is 10.2. The molecule has 2 aromatic heterocycles. The SMILES string of the molecule is NC=NCCSc1cnccc1SC1=C(C(=O)O)N2C(=O)[C@@H](NC(=O)C(=NOCCF)c3csc(N)n3)[C@@H]2SC1. The van der Waals surface area contributed by atoms with Crippen LogP contribution in [0.2, 0.25) is 0 Å². The number of thiazole rings is 1. The van der Waals surface area contributed by atoms with Crippen molar-refractivity contribution in [3.63, 3.8) is 0 Å². The second-order valence-corrected chi connectivity index (χ2v) is 12.1. The molecule has 0 bridgehead atoms. The Labute approximate surface area is 244 Å². The summed E-state index contributed by atoms with van der Waals surface area (Å²) in [5, 5.41) is 17.3. The number of hydrogen-bond acceptors (Lipinski definition) is 13. The van der Waals surface area contributed by atoms with Crippen molar-refractivity contribution in [1.82, 2.24) is 20.2 Å². The van der Waals surface area contributed by atoms with E-state index < -0.39 is 35.9 Å². The molecule has 0 spiro atoms. The number of alkyl halides is 1. The van der Waals surface area contributed by atoms with Crippen molar-refractivity contribution in [2.45, 2.75) is 21.2 Å². The maximum atomic E-state index is 13.1. The van der Waals surface area contributed by atoms with Gasteiger partial charge in [-0.15, -0.1) is 34.9 Å². The van der Waals surface area contributed by atoms with E-state index in [1.165, 1.54) is 51.9 Å². The van der Waals surface area contributed by atoms with Gasteiger partial charge in [-0.2, -0.15) is 0 Å². The third-order valence-electron chi connectivity index (χ3n) is 5.29. The van der Waals surface area contributed by atoms with E-state index in [0.29, 0.717) is 23.0 Å². The zero-order valence-corrected chi connectivity index (χ0v) is 23.8. The van der Waals surface area contributed by atoms with Crippen LogP contribution in [0.3, 0.4) is 0 Å². The lowest BCUT2D eigenvalue weighted by molar-refractivity contribution is -0.150. The largest absolute Gasteiger partial charge is 0.477 e. The number of aliphatic carboxylic acids is 1. The van der Waals surface area contributed by atoms with Gasteiger partial charge in [-0.3, -0.25) is 24.5 Å². The highest BCUT2D eigenvalue weighted by Gasteiger charge is 2.54. The van der Waals surface area contributed by atoms with Crippen molar-refractivity contribution in [3.8, 4) is 0 Å². The first kappa shape index (κ1) is 29.6. The van der Waals surface area contributed by atoms with E-state index in [1.807, 2.05) is 0 Å². The number of fused-ring (bicyclic) bond motifs is 1. The number of nitrogens with zero attached hydrogens (tertiary/aromatic N) is 5. The topological polar surface area (TPSA) is 198 Å². The molecule has 0 aliphatic carbocycles. The number of pyridine rings is 1. The van der Waals surface area contributed by atoms with Crippen molar-refractivity contribution < 1.29 is 28.7 Å². The number of aliphatic imine (C=N–C) groups is 1. The van der Waals surface area contributed by atoms with Gasteiger partial charge in [0.25, 0.3) is 11.8 Å². The number of carboxylic acid groups (broad SMARTS) is 1. The number of hydrogen-bond donors (Lipinski definition) is 4. The number of carbonyl (C=O) groups excluding carboxylic acids is 2. The number of nitrogens with two attached hydrogens (primary N) is 2. The number of rotatable bonds is 13. The third-order valence-corrected chi connectivity index (χ3v) is 9.74. The summed E-state index contributed by atoms with van der Waals surface area (Å²) in [6, 6.07) is 0.761. The molecular weight excluding hydrogens is 604 g/mol. The average Bonchev–Trinajstić information content (AvgIpc) is 3.38. The Bertz CT molecular complexity index is 1370. The summed E-state index contributed by atoms with van der Waals surface area (Å²) in [7, 11) is 0. The Morgan fingerprint density at radius 3 is 2.92 bits per heavy atom. The molecule has 0 radical (unpaired) electrons. The van der Waals surface area contributed by atoms with Crippen molar-refractivity contribution in [1.29, 1.82) is 0 Å². The minimum absolute atomic E-state index is 0.101. The van der Waals surface area contributed by atoms with Crippen molar-refractivity contribution in [2.75, 3.05) is 37.1 Å². The summed E-state index contributed by atoms with van der Waals surface area (Å²) in [5.41, 5.74) is 10.6. The van der Waals surface area contributed by atoms with Gasteiger partial charge in [0, 0.05) is 44.0 Å². The first-order valence-electron chi connectivity index (χ1n) is 11.5. The Morgan fingerprint density at radius 1 is 1.40 bits per heavy atom. The van der Waals surface area contributed by atoms with Gasteiger partial charge in [0.05, 0.1) is 12.9 Å². The summed E-state index contributed by atoms with van der Waals surface area (Å²) in [5.74, 6) is -1.70. The van der Waals surface area contributed by atoms with Crippen LogP contribution in [0.1, 0.15) is 5.69 Å². The summed E-state index contributed by atoms with van der Waals surface area (Å²) >= 11 is 5.14. The minimum Gasteiger partial charge on any atom is -0.477 e. The second-order valence-electron chi connectivity index (χ2n) is 7.80. The van der Waals surface area contributed by atoms with E-state index in [0.717, 1.165) is 21.1 Å². The number of nitrogen functional groups attached to an aromatic ring is 1. The fraction of sp³-hybridized carbons (Fsp3) is 0.318. The number of anilines is 1. The van der Waals surface area contributed by atoms with Gasteiger partial charge in [-0.25, -0.2) is 14.2 Å². The highest BCUT2D eigenvalue weighted by atomic mass is 32.2. The van der Waals surface area contributed by atoms with Crippen molar-refractivity contribution >= 4 is 81.6 Å². The van der Waals surface area contributed by atoms with Gasteiger partial charge < -0.3 is 26.7 Å². The van der Waals surface area contributed by atoms with Crippen molar-refractivity contribution in [2.24, 2.45) is 15.9 Å². The summed E-state index contributed by atoms with van der Waals surface area (Å²) < 4.78 is 12.5. The first-order chi connectivity index (χ1) is 19.3. The quantitative estimate of drug-likeness (QED) is 0.0623. The van der Waals surface area contributed by atoms with Crippen LogP contribution in [-0.2, 0) is 19.2 Å². The van der Waals surface area contributed by atoms with Crippen LogP contribution >= 0.6 is 46.6 Å². The van der Waals surface area contributed by atoms with Crippen molar-refractivity contribution in [3.05, 3.63) is 40.1 Å². The predicted octanol–water partition coefficient (Wildman–Crippen LogP) is 1.38. The highest BCUT2D eigenvalue weighted by Crippen LogP contribution is 2.46. The molecule has 212 valence electrons. The standard InChI is InChI=1S/C22H23FN8O5S4/c23-2-5-36-30-15(11-8-39-22(25)28-11)18(32)29-16-19(33)31-17(21(34)35)14(9-38-20(16)31)40-12-1-3-26-7-13(12)37-6-4-27-10-24/h1,3,7-8,10,16,20H,2,4-6,9H2,(H2,24,27)(H2,25,28)(H,29,32)(H,34,35)/t16-,20+/m1/s1. The normalized spacial score (nSPS) is 19.0. The molecular formula is C22H23FN8O5S4. The van der Waals surface area contributed by atoms with Crippen LogP contribution in [0.4, 0.5) is 9.52 Å². The molecule has 2 aliphatic heterocycles. The predicted molar refractivity (Wildman–Crippen MR) is 153 cm³/mol. The minimum atomic E-state index is -1.26. The molecule has 18 heteroatoms. The molecule has 40 heavy (non-hydrogen) atoms. The van der Waals surface area contributed by atoms with Crippen LogP contribution in [0.5, 0.6) is 0 Å². The Morgan fingerprint density at radius 2 is 2.23 bits per heavy atom. The molecule has 4 heterocycles. The smallest absolute Gasteiger partial charge is 0.353 e. The van der Waals surface area contributed by atoms with Gasteiger partial charge in [0.1, 0.15) is 36.1 Å². The number of thioether (sulfide) groups is 3. The monoisotopic (exact) mass is 626 g/mol. The van der Waals surface area contributed by atoms with Crippen LogP contribution in [-0.4, -0.2) is 92.6 Å². The second kappa shape index (κ2) is 13.8. The van der Waals surface area contributed by atoms with E-state index in [2.05, 4.69) is 25.4 Å². The summed E-state index contributed by atoms with van der Waals surface area (Å²) in [6.07, 6.45) is 4.53. The molecule has 2 atom stereocenters. The molecule has 0 unspecified atom stereocenters. The zero-order chi connectivity index (χ0) is 28.6. The number of carbonyl (C=O) groups is 3. The number of amides is 2. The van der Waals surface area contributed by atoms with E-state index in [9.17, 15) is 23.9 Å². The molecule has 2 amide bonds. The molecule has 2 aromatic rings. The molecule has 2 aliphatic rings. The number of oxime groups is 1. The number of β-lactam (4-membered cyclic amide) rings is 1. The van der Waals surface area contributed by atoms with E-state index in [4.69, 9.17) is 16.3 Å². The number of aromatic nitrogens is 2. The lowest BCUT2D eigenvalue weighted by Crippen LogP contribution is -2.71.